The number of hydrogen-bond acceptors (Lipinski definition) is 2. The van der Waals surface area contributed by atoms with Crippen molar-refractivity contribution in [2.24, 2.45) is 0 Å². The Morgan fingerprint density at radius 1 is 1.20 bits per heavy atom. The van der Waals surface area contributed by atoms with Crippen LogP contribution in [0.3, 0.4) is 0 Å². The fraction of sp³-hybridized carbons (Fsp3) is 0.588. The summed E-state index contributed by atoms with van der Waals surface area (Å²) in [4.78, 5) is 14.6. The Labute approximate surface area is 122 Å². The number of carbonyl (C=O) groups is 1. The average molecular weight is 274 g/mol. The fourth-order valence-electron chi connectivity index (χ4n) is 2.89. The number of aryl methyl sites for hydroxylation is 1. The van der Waals surface area contributed by atoms with E-state index in [-0.39, 0.29) is 18.1 Å². The zero-order chi connectivity index (χ0) is 14.5. The molecule has 1 aliphatic rings. The maximum absolute atomic E-state index is 12.6. The largest absolute Gasteiger partial charge is 0.322 e. The highest BCUT2D eigenvalue weighted by Crippen LogP contribution is 2.29. The van der Waals surface area contributed by atoms with Gasteiger partial charge in [-0.1, -0.05) is 51.0 Å². The van der Waals surface area contributed by atoms with Crippen LogP contribution in [0.5, 0.6) is 0 Å². The Hall–Kier alpha value is -1.35. The van der Waals surface area contributed by atoms with E-state index in [2.05, 4.69) is 50.4 Å². The molecule has 1 fully saturated rings. The minimum Gasteiger partial charge on any atom is -0.322 e. The van der Waals surface area contributed by atoms with E-state index < -0.39 is 0 Å². The van der Waals surface area contributed by atoms with Crippen molar-refractivity contribution < 1.29 is 4.79 Å². The van der Waals surface area contributed by atoms with Gasteiger partial charge in [-0.3, -0.25) is 10.1 Å². The van der Waals surface area contributed by atoms with Crippen LogP contribution >= 0.6 is 0 Å². The first-order valence-corrected chi connectivity index (χ1v) is 7.81. The molecule has 3 heteroatoms. The highest BCUT2D eigenvalue weighted by atomic mass is 16.2. The predicted molar refractivity (Wildman–Crippen MR) is 82.4 cm³/mol. The van der Waals surface area contributed by atoms with Crippen LogP contribution in [0, 0.1) is 6.92 Å². The lowest BCUT2D eigenvalue weighted by molar-refractivity contribution is -0.130. The molecule has 2 atom stereocenters. The van der Waals surface area contributed by atoms with Gasteiger partial charge >= 0.3 is 0 Å². The molecular formula is C17H26N2O. The van der Waals surface area contributed by atoms with Crippen LogP contribution < -0.4 is 5.32 Å². The van der Waals surface area contributed by atoms with Crippen molar-refractivity contribution in [1.29, 1.82) is 0 Å². The minimum atomic E-state index is -0.0125. The quantitative estimate of drug-likeness (QED) is 0.862. The summed E-state index contributed by atoms with van der Waals surface area (Å²) in [5.74, 6) is 0.272. The number of hydrogen-bond donors (Lipinski definition) is 1. The predicted octanol–water partition coefficient (Wildman–Crippen LogP) is 3.39. The van der Waals surface area contributed by atoms with Crippen molar-refractivity contribution in [3.05, 3.63) is 35.4 Å². The molecule has 0 radical (unpaired) electrons. The van der Waals surface area contributed by atoms with Crippen LogP contribution in [0.1, 0.15) is 56.8 Å². The molecule has 1 aromatic carbocycles. The Morgan fingerprint density at radius 3 is 2.60 bits per heavy atom. The lowest BCUT2D eigenvalue weighted by atomic mass is 10.1. The number of rotatable bonds is 6. The normalized spacial score (nSPS) is 22.6. The zero-order valence-corrected chi connectivity index (χ0v) is 12.9. The Balaban J connectivity index is 2.24. The maximum atomic E-state index is 12.6. The Morgan fingerprint density at radius 2 is 1.95 bits per heavy atom. The molecule has 1 heterocycles. The number of nitrogens with one attached hydrogen (secondary N) is 1. The molecule has 1 amide bonds. The van der Waals surface area contributed by atoms with Crippen LogP contribution in [-0.4, -0.2) is 23.4 Å². The first-order valence-electron chi connectivity index (χ1n) is 7.81. The molecule has 110 valence electrons. The van der Waals surface area contributed by atoms with Gasteiger partial charge in [-0.05, 0) is 30.9 Å². The summed E-state index contributed by atoms with van der Waals surface area (Å²) < 4.78 is 0. The van der Waals surface area contributed by atoms with Crippen LogP contribution in [0.2, 0.25) is 0 Å². The van der Waals surface area contributed by atoms with E-state index in [1.165, 1.54) is 11.1 Å². The second-order valence-electron chi connectivity index (χ2n) is 5.65. The van der Waals surface area contributed by atoms with Crippen molar-refractivity contribution in [3.8, 4) is 0 Å². The van der Waals surface area contributed by atoms with E-state index in [4.69, 9.17) is 0 Å². The summed E-state index contributed by atoms with van der Waals surface area (Å²) in [6, 6.07) is 8.34. The van der Waals surface area contributed by atoms with Gasteiger partial charge < -0.3 is 4.90 Å². The van der Waals surface area contributed by atoms with Gasteiger partial charge in [-0.15, -0.1) is 0 Å². The molecule has 0 bridgehead atoms. The topological polar surface area (TPSA) is 32.3 Å². The van der Waals surface area contributed by atoms with Crippen LogP contribution in [0.15, 0.2) is 24.3 Å². The third-order valence-corrected chi connectivity index (χ3v) is 4.06. The van der Waals surface area contributed by atoms with Crippen molar-refractivity contribution in [2.45, 2.75) is 58.7 Å². The molecule has 1 aliphatic heterocycles. The summed E-state index contributed by atoms with van der Waals surface area (Å²) in [7, 11) is 0. The monoisotopic (exact) mass is 274 g/mol. The number of unbranched alkanes of at least 4 members (excludes halogenated alkanes) is 1. The standard InChI is InChI=1S/C17H26N2O/c1-4-6-12-19-16(14-11-8-7-10-13(14)3)18-15(9-5-2)17(19)20/h7-8,10-11,15-16,18H,4-6,9,12H2,1-3H3. The third kappa shape index (κ3) is 3.04. The molecule has 0 saturated carbocycles. The van der Waals surface area contributed by atoms with Gasteiger partial charge in [0.25, 0.3) is 0 Å². The van der Waals surface area contributed by atoms with E-state index >= 15 is 0 Å². The number of amides is 1. The summed E-state index contributed by atoms with van der Waals surface area (Å²) in [6.45, 7) is 7.26. The van der Waals surface area contributed by atoms with Gasteiger partial charge in [0.2, 0.25) is 5.91 Å². The highest BCUT2D eigenvalue weighted by molar-refractivity contribution is 5.84. The summed E-state index contributed by atoms with van der Waals surface area (Å²) in [5, 5.41) is 3.53. The van der Waals surface area contributed by atoms with Gasteiger partial charge in [0.1, 0.15) is 6.17 Å². The molecule has 1 N–H and O–H groups in total. The summed E-state index contributed by atoms with van der Waals surface area (Å²) >= 11 is 0. The lowest BCUT2D eigenvalue weighted by Crippen LogP contribution is -2.32. The third-order valence-electron chi connectivity index (χ3n) is 4.06. The molecular weight excluding hydrogens is 248 g/mol. The highest BCUT2D eigenvalue weighted by Gasteiger charge is 2.38. The van der Waals surface area contributed by atoms with E-state index in [1.807, 2.05) is 4.90 Å². The van der Waals surface area contributed by atoms with Gasteiger partial charge in [0.05, 0.1) is 6.04 Å². The molecule has 3 nitrogen and oxygen atoms in total. The Bertz CT molecular complexity index is 458. The molecule has 0 aliphatic carbocycles. The maximum Gasteiger partial charge on any atom is 0.241 e. The van der Waals surface area contributed by atoms with E-state index in [9.17, 15) is 4.79 Å². The average Bonchev–Trinajstić information content (AvgIpc) is 2.74. The van der Waals surface area contributed by atoms with E-state index in [0.717, 1.165) is 32.2 Å². The molecule has 20 heavy (non-hydrogen) atoms. The molecule has 2 unspecified atom stereocenters. The second-order valence-corrected chi connectivity index (χ2v) is 5.65. The molecule has 1 saturated heterocycles. The first-order chi connectivity index (χ1) is 9.69. The van der Waals surface area contributed by atoms with Gasteiger partial charge in [0.15, 0.2) is 0 Å². The van der Waals surface area contributed by atoms with Crippen molar-refractivity contribution in [1.82, 2.24) is 10.2 Å². The molecule has 2 rings (SSSR count). The smallest absolute Gasteiger partial charge is 0.241 e. The van der Waals surface area contributed by atoms with Gasteiger partial charge in [-0.2, -0.15) is 0 Å². The minimum absolute atomic E-state index is 0.0125. The van der Waals surface area contributed by atoms with Crippen molar-refractivity contribution in [3.63, 3.8) is 0 Å². The zero-order valence-electron chi connectivity index (χ0n) is 12.9. The molecule has 0 spiro atoms. The Kier molecular flexibility index (Phi) is 5.18. The van der Waals surface area contributed by atoms with Crippen molar-refractivity contribution in [2.75, 3.05) is 6.54 Å². The van der Waals surface area contributed by atoms with E-state index in [0.29, 0.717) is 0 Å². The second kappa shape index (κ2) is 6.89. The summed E-state index contributed by atoms with van der Waals surface area (Å²) in [5.41, 5.74) is 2.48. The van der Waals surface area contributed by atoms with E-state index in [1.54, 1.807) is 0 Å². The first kappa shape index (κ1) is 15.0. The van der Waals surface area contributed by atoms with Crippen molar-refractivity contribution >= 4 is 5.91 Å². The van der Waals surface area contributed by atoms with Crippen LogP contribution in [0.4, 0.5) is 0 Å². The van der Waals surface area contributed by atoms with Gasteiger partial charge in [0, 0.05) is 6.54 Å². The number of carbonyl (C=O) groups excluding carboxylic acids is 1. The fourth-order valence-corrected chi connectivity index (χ4v) is 2.89. The number of benzene rings is 1. The lowest BCUT2D eigenvalue weighted by Gasteiger charge is -2.25. The number of nitrogens with zero attached hydrogens (tertiary/aromatic N) is 1. The molecule has 0 aromatic heterocycles. The van der Waals surface area contributed by atoms with Crippen LogP contribution in [-0.2, 0) is 4.79 Å². The summed E-state index contributed by atoms with van der Waals surface area (Å²) in [6.07, 6.45) is 4.18. The van der Waals surface area contributed by atoms with Crippen LogP contribution in [0.25, 0.3) is 0 Å². The molecule has 1 aromatic rings. The van der Waals surface area contributed by atoms with Gasteiger partial charge in [-0.25, -0.2) is 0 Å². The SMILES string of the molecule is CCCCN1C(=O)C(CCC)NC1c1ccccc1C.